The predicted molar refractivity (Wildman–Crippen MR) is 92.2 cm³/mol. The lowest BCUT2D eigenvalue weighted by molar-refractivity contribution is -0.0434. The summed E-state index contributed by atoms with van der Waals surface area (Å²) in [6.07, 6.45) is -1.60. The maximum atomic E-state index is 12.2. The molecule has 0 saturated heterocycles. The number of hydrogen-bond donors (Lipinski definition) is 0. The molecule has 0 aliphatic carbocycles. The first-order chi connectivity index (χ1) is 11.3. The highest BCUT2D eigenvalue weighted by molar-refractivity contribution is 6.30. The highest BCUT2D eigenvalue weighted by Gasteiger charge is 2.32. The summed E-state index contributed by atoms with van der Waals surface area (Å²) in [7, 11) is 0. The predicted octanol–water partition coefficient (Wildman–Crippen LogP) is 4.72. The van der Waals surface area contributed by atoms with Crippen LogP contribution in [0.3, 0.4) is 0 Å². The van der Waals surface area contributed by atoms with Gasteiger partial charge in [-0.25, -0.2) is 9.59 Å². The molecule has 0 heterocycles. The van der Waals surface area contributed by atoms with Gasteiger partial charge in [0.15, 0.2) is 0 Å². The van der Waals surface area contributed by atoms with Crippen molar-refractivity contribution < 1.29 is 23.8 Å². The van der Waals surface area contributed by atoms with Gasteiger partial charge in [0.05, 0.1) is 12.2 Å². The van der Waals surface area contributed by atoms with Crippen molar-refractivity contribution in [3.8, 4) is 0 Å². The largest absolute Gasteiger partial charge is 0.508 e. The Bertz CT molecular complexity index is 541. The monoisotopic (exact) mass is 356 g/mol. The quantitative estimate of drug-likeness (QED) is 0.661. The van der Waals surface area contributed by atoms with Crippen LogP contribution < -0.4 is 0 Å². The number of benzene rings is 1. The molecule has 1 aromatic carbocycles. The zero-order valence-electron chi connectivity index (χ0n) is 14.7. The van der Waals surface area contributed by atoms with Crippen LogP contribution in [0.15, 0.2) is 24.3 Å². The van der Waals surface area contributed by atoms with E-state index < -0.39 is 24.3 Å². The standard InChI is InChI=1S/C18H25ClO5/c1-6-22-18(21)24-13(5)16(11(2)3)12(4)23-17(20)14-7-9-15(19)10-8-14/h7-13,16H,6H2,1-5H3. The van der Waals surface area contributed by atoms with Gasteiger partial charge in [0.2, 0.25) is 0 Å². The number of halogens is 1. The average molecular weight is 357 g/mol. The molecule has 6 heteroatoms. The van der Waals surface area contributed by atoms with E-state index in [1.807, 2.05) is 13.8 Å². The Morgan fingerprint density at radius 1 is 1.00 bits per heavy atom. The molecule has 1 aromatic rings. The van der Waals surface area contributed by atoms with Crippen molar-refractivity contribution in [2.45, 2.75) is 46.8 Å². The van der Waals surface area contributed by atoms with Crippen LogP contribution >= 0.6 is 11.6 Å². The zero-order valence-corrected chi connectivity index (χ0v) is 15.5. The highest BCUT2D eigenvalue weighted by Crippen LogP contribution is 2.25. The van der Waals surface area contributed by atoms with E-state index >= 15 is 0 Å². The molecule has 3 atom stereocenters. The van der Waals surface area contributed by atoms with Crippen LogP contribution in [0.2, 0.25) is 5.02 Å². The van der Waals surface area contributed by atoms with Crippen LogP contribution in [-0.4, -0.2) is 30.9 Å². The maximum Gasteiger partial charge on any atom is 0.508 e. The van der Waals surface area contributed by atoms with Crippen molar-refractivity contribution in [3.05, 3.63) is 34.9 Å². The maximum absolute atomic E-state index is 12.2. The molecule has 0 fully saturated rings. The van der Waals surface area contributed by atoms with Gasteiger partial charge in [-0.1, -0.05) is 25.4 Å². The highest BCUT2D eigenvalue weighted by atomic mass is 35.5. The average Bonchev–Trinajstić information content (AvgIpc) is 2.47. The fourth-order valence-corrected chi connectivity index (χ4v) is 2.88. The molecule has 0 aliphatic rings. The summed E-state index contributed by atoms with van der Waals surface area (Å²) in [5, 5.41) is 0.552. The van der Waals surface area contributed by atoms with Crippen LogP contribution in [-0.2, 0) is 14.2 Å². The molecular formula is C18H25ClO5. The normalized spacial score (nSPS) is 14.6. The van der Waals surface area contributed by atoms with Gasteiger partial charge in [-0.2, -0.15) is 0 Å². The summed E-state index contributed by atoms with van der Waals surface area (Å²) in [6.45, 7) is 9.50. The number of hydrogen-bond acceptors (Lipinski definition) is 5. The summed E-state index contributed by atoms with van der Waals surface area (Å²) in [6, 6.07) is 6.49. The number of carbonyl (C=O) groups is 2. The summed E-state index contributed by atoms with van der Waals surface area (Å²) in [4.78, 5) is 23.8. The third-order valence-electron chi connectivity index (χ3n) is 3.77. The molecule has 3 unspecified atom stereocenters. The van der Waals surface area contributed by atoms with E-state index in [0.29, 0.717) is 10.6 Å². The second-order valence-corrected chi connectivity index (χ2v) is 6.38. The second kappa shape index (κ2) is 9.52. The van der Waals surface area contributed by atoms with Crippen molar-refractivity contribution in [2.24, 2.45) is 11.8 Å². The molecule has 5 nitrogen and oxygen atoms in total. The van der Waals surface area contributed by atoms with Crippen molar-refractivity contribution in [2.75, 3.05) is 6.61 Å². The Labute approximate surface area is 148 Å². The van der Waals surface area contributed by atoms with E-state index in [2.05, 4.69) is 0 Å². The second-order valence-electron chi connectivity index (χ2n) is 5.94. The summed E-state index contributed by atoms with van der Waals surface area (Å²) < 4.78 is 15.6. The van der Waals surface area contributed by atoms with Crippen LogP contribution in [0.5, 0.6) is 0 Å². The van der Waals surface area contributed by atoms with Gasteiger partial charge in [0, 0.05) is 10.9 Å². The minimum Gasteiger partial charge on any atom is -0.459 e. The van der Waals surface area contributed by atoms with Crippen molar-refractivity contribution in [3.63, 3.8) is 0 Å². The first-order valence-electron chi connectivity index (χ1n) is 8.06. The molecule has 24 heavy (non-hydrogen) atoms. The molecule has 0 radical (unpaired) electrons. The number of ether oxygens (including phenoxy) is 3. The third kappa shape index (κ3) is 6.04. The lowest BCUT2D eigenvalue weighted by Crippen LogP contribution is -2.38. The van der Waals surface area contributed by atoms with Crippen LogP contribution in [0, 0.1) is 11.8 Å². The molecule has 1 rings (SSSR count). The Kier molecular flexibility index (Phi) is 8.05. The molecule has 0 N–H and O–H groups in total. The molecule has 134 valence electrons. The number of rotatable bonds is 7. The van der Waals surface area contributed by atoms with Crippen molar-refractivity contribution in [1.82, 2.24) is 0 Å². The minimum absolute atomic E-state index is 0.141. The van der Waals surface area contributed by atoms with Crippen LogP contribution in [0.25, 0.3) is 0 Å². The Balaban J connectivity index is 2.75. The van der Waals surface area contributed by atoms with Crippen molar-refractivity contribution >= 4 is 23.7 Å². The topological polar surface area (TPSA) is 61.8 Å². The van der Waals surface area contributed by atoms with Gasteiger partial charge in [-0.3, -0.25) is 0 Å². The SMILES string of the molecule is CCOC(=O)OC(C)C(C(C)C)C(C)OC(=O)c1ccc(Cl)cc1. The molecule has 0 saturated carbocycles. The Morgan fingerprint density at radius 3 is 2.04 bits per heavy atom. The lowest BCUT2D eigenvalue weighted by atomic mass is 9.86. The molecule has 0 aromatic heterocycles. The minimum atomic E-state index is -0.716. The molecule has 0 aliphatic heterocycles. The zero-order chi connectivity index (χ0) is 18.3. The Morgan fingerprint density at radius 2 is 1.54 bits per heavy atom. The molecule has 0 amide bonds. The van der Waals surface area contributed by atoms with Crippen molar-refractivity contribution in [1.29, 1.82) is 0 Å². The summed E-state index contributed by atoms with van der Waals surface area (Å²) in [5.41, 5.74) is 0.424. The van der Waals surface area contributed by atoms with Gasteiger partial charge in [0.25, 0.3) is 0 Å². The first-order valence-corrected chi connectivity index (χ1v) is 8.44. The van der Waals surface area contributed by atoms with Crippen LogP contribution in [0.1, 0.15) is 45.0 Å². The third-order valence-corrected chi connectivity index (χ3v) is 4.02. The fourth-order valence-electron chi connectivity index (χ4n) is 2.75. The summed E-state index contributed by atoms with van der Waals surface area (Å²) >= 11 is 5.82. The Hall–Kier alpha value is -1.75. The summed E-state index contributed by atoms with van der Waals surface area (Å²) in [5.74, 6) is -0.457. The number of esters is 1. The van der Waals surface area contributed by atoms with E-state index in [9.17, 15) is 9.59 Å². The van der Waals surface area contributed by atoms with Gasteiger partial charge in [0.1, 0.15) is 12.2 Å². The van der Waals surface area contributed by atoms with Gasteiger partial charge >= 0.3 is 12.1 Å². The lowest BCUT2D eigenvalue weighted by Gasteiger charge is -2.31. The van der Waals surface area contributed by atoms with Gasteiger partial charge in [-0.05, 0) is 51.0 Å². The molecule has 0 bridgehead atoms. The van der Waals surface area contributed by atoms with E-state index in [4.69, 9.17) is 25.8 Å². The smallest absolute Gasteiger partial charge is 0.459 e. The fraction of sp³-hybridized carbons (Fsp3) is 0.556. The van der Waals surface area contributed by atoms with E-state index in [-0.39, 0.29) is 18.4 Å². The molecular weight excluding hydrogens is 332 g/mol. The van der Waals surface area contributed by atoms with E-state index in [0.717, 1.165) is 0 Å². The van der Waals surface area contributed by atoms with E-state index in [1.54, 1.807) is 45.0 Å². The van der Waals surface area contributed by atoms with E-state index in [1.165, 1.54) is 0 Å². The van der Waals surface area contributed by atoms with Crippen LogP contribution in [0.4, 0.5) is 4.79 Å². The molecule has 0 spiro atoms. The number of carbonyl (C=O) groups excluding carboxylic acids is 2. The first kappa shape index (κ1) is 20.3. The van der Waals surface area contributed by atoms with Gasteiger partial charge in [-0.15, -0.1) is 0 Å². The van der Waals surface area contributed by atoms with Gasteiger partial charge < -0.3 is 14.2 Å².